The van der Waals surface area contributed by atoms with E-state index in [1.54, 1.807) is 14.2 Å². The Morgan fingerprint density at radius 2 is 2.16 bits per heavy atom. The molecule has 1 N–H and O–H groups in total. The summed E-state index contributed by atoms with van der Waals surface area (Å²) in [6.45, 7) is 7.01. The van der Waals surface area contributed by atoms with Gasteiger partial charge >= 0.3 is 5.97 Å². The van der Waals surface area contributed by atoms with E-state index < -0.39 is 5.54 Å². The molecule has 1 saturated heterocycles. The highest BCUT2D eigenvalue weighted by Gasteiger charge is 2.34. The zero-order chi connectivity index (χ0) is 14.5. The fraction of sp³-hybridized carbons (Fsp3) is 0.929. The van der Waals surface area contributed by atoms with Gasteiger partial charge in [0.1, 0.15) is 5.54 Å². The van der Waals surface area contributed by atoms with Gasteiger partial charge in [0.25, 0.3) is 0 Å². The molecular weight excluding hydrogens is 244 g/mol. The van der Waals surface area contributed by atoms with Gasteiger partial charge < -0.3 is 19.7 Å². The number of carbonyl (C=O) groups is 1. The fourth-order valence-electron chi connectivity index (χ4n) is 2.54. The van der Waals surface area contributed by atoms with Crippen molar-refractivity contribution in [1.29, 1.82) is 0 Å². The summed E-state index contributed by atoms with van der Waals surface area (Å²) in [4.78, 5) is 14.1. The van der Waals surface area contributed by atoms with Gasteiger partial charge in [-0.1, -0.05) is 6.92 Å². The van der Waals surface area contributed by atoms with Crippen LogP contribution in [0.1, 0.15) is 26.7 Å². The lowest BCUT2D eigenvalue weighted by atomic mass is 9.93. The van der Waals surface area contributed by atoms with Crippen molar-refractivity contribution in [3.05, 3.63) is 0 Å². The van der Waals surface area contributed by atoms with E-state index in [1.807, 2.05) is 6.92 Å². The predicted octanol–water partition coefficient (Wildman–Crippen LogP) is 0.884. The van der Waals surface area contributed by atoms with Crippen LogP contribution < -0.4 is 5.32 Å². The summed E-state index contributed by atoms with van der Waals surface area (Å²) >= 11 is 0. The van der Waals surface area contributed by atoms with Crippen molar-refractivity contribution in [1.82, 2.24) is 10.2 Å². The van der Waals surface area contributed by atoms with Crippen molar-refractivity contribution in [2.24, 2.45) is 5.92 Å². The summed E-state index contributed by atoms with van der Waals surface area (Å²) in [7, 11) is 5.01. The highest BCUT2D eigenvalue weighted by Crippen LogP contribution is 2.21. The van der Waals surface area contributed by atoms with E-state index in [0.29, 0.717) is 12.0 Å². The van der Waals surface area contributed by atoms with Crippen LogP contribution in [0.4, 0.5) is 0 Å². The normalized spacial score (nSPS) is 27.8. The van der Waals surface area contributed by atoms with Gasteiger partial charge in [-0.25, -0.2) is 0 Å². The number of ether oxygens (including phenoxy) is 2. The van der Waals surface area contributed by atoms with Crippen molar-refractivity contribution >= 4 is 5.97 Å². The van der Waals surface area contributed by atoms with Crippen molar-refractivity contribution in [3.8, 4) is 0 Å². The molecule has 5 heteroatoms. The van der Waals surface area contributed by atoms with E-state index in [9.17, 15) is 4.79 Å². The largest absolute Gasteiger partial charge is 0.468 e. The maximum Gasteiger partial charge on any atom is 0.325 e. The van der Waals surface area contributed by atoms with Gasteiger partial charge in [0.2, 0.25) is 0 Å². The van der Waals surface area contributed by atoms with Gasteiger partial charge in [-0.3, -0.25) is 4.79 Å². The van der Waals surface area contributed by atoms with Gasteiger partial charge in [0.15, 0.2) is 0 Å². The van der Waals surface area contributed by atoms with Crippen LogP contribution in [0.15, 0.2) is 0 Å². The molecule has 0 saturated carbocycles. The number of likely N-dealkylation sites (tertiary alicyclic amines) is 1. The smallest absolute Gasteiger partial charge is 0.325 e. The van der Waals surface area contributed by atoms with Crippen LogP contribution in [-0.4, -0.2) is 63.4 Å². The van der Waals surface area contributed by atoms with E-state index in [0.717, 1.165) is 32.5 Å². The molecule has 0 aromatic heterocycles. The first-order valence-corrected chi connectivity index (χ1v) is 6.99. The second kappa shape index (κ2) is 7.22. The van der Waals surface area contributed by atoms with E-state index in [1.165, 1.54) is 7.11 Å². The Balaban J connectivity index is 2.49. The summed E-state index contributed by atoms with van der Waals surface area (Å²) in [5, 5.41) is 3.07. The predicted molar refractivity (Wildman–Crippen MR) is 75.1 cm³/mol. The number of nitrogens with one attached hydrogen (secondary N) is 1. The first-order chi connectivity index (χ1) is 8.96. The minimum absolute atomic E-state index is 0.205. The number of carbonyl (C=O) groups excluding carboxylic acids is 1. The SMILES string of the molecule is CNC(C)(CCN1CCC(C)C(OC)C1)C(=O)OC. The number of methoxy groups -OCH3 is 2. The van der Waals surface area contributed by atoms with Crippen molar-refractivity contribution in [2.45, 2.75) is 38.3 Å². The standard InChI is InChI=1S/C14H28N2O3/c1-11-6-8-16(10-12(11)18-4)9-7-14(2,15-3)13(17)19-5/h11-12,15H,6-10H2,1-5H3. The Labute approximate surface area is 116 Å². The first-order valence-electron chi connectivity index (χ1n) is 6.99. The minimum atomic E-state index is -0.611. The average molecular weight is 272 g/mol. The summed E-state index contributed by atoms with van der Waals surface area (Å²) in [5.74, 6) is 0.404. The molecule has 1 aliphatic rings. The quantitative estimate of drug-likeness (QED) is 0.728. The summed E-state index contributed by atoms with van der Waals surface area (Å²) in [6, 6.07) is 0. The zero-order valence-electron chi connectivity index (χ0n) is 12.9. The van der Waals surface area contributed by atoms with Crippen molar-refractivity contribution in [2.75, 3.05) is 40.9 Å². The summed E-state index contributed by atoms with van der Waals surface area (Å²) < 4.78 is 10.4. The Morgan fingerprint density at radius 1 is 1.47 bits per heavy atom. The summed E-state index contributed by atoms with van der Waals surface area (Å²) in [6.07, 6.45) is 2.18. The highest BCUT2D eigenvalue weighted by molar-refractivity contribution is 5.80. The Morgan fingerprint density at radius 3 is 2.68 bits per heavy atom. The van der Waals surface area contributed by atoms with Crippen LogP contribution in [0.5, 0.6) is 0 Å². The van der Waals surface area contributed by atoms with Gasteiger partial charge in [-0.15, -0.1) is 0 Å². The molecule has 19 heavy (non-hydrogen) atoms. The molecule has 0 aromatic rings. The molecule has 3 atom stereocenters. The lowest BCUT2D eigenvalue weighted by Crippen LogP contribution is -2.52. The van der Waals surface area contributed by atoms with Crippen molar-refractivity contribution in [3.63, 3.8) is 0 Å². The average Bonchev–Trinajstić information content (AvgIpc) is 2.45. The molecule has 1 fully saturated rings. The van der Waals surface area contributed by atoms with Crippen LogP contribution in [0, 0.1) is 5.92 Å². The Hall–Kier alpha value is -0.650. The zero-order valence-corrected chi connectivity index (χ0v) is 12.9. The van der Waals surface area contributed by atoms with Gasteiger partial charge in [0, 0.05) is 20.2 Å². The van der Waals surface area contributed by atoms with E-state index >= 15 is 0 Å². The second-order valence-electron chi connectivity index (χ2n) is 5.66. The lowest BCUT2D eigenvalue weighted by molar-refractivity contribution is -0.148. The fourth-order valence-corrected chi connectivity index (χ4v) is 2.54. The lowest BCUT2D eigenvalue weighted by Gasteiger charge is -2.37. The number of rotatable bonds is 6. The van der Waals surface area contributed by atoms with Crippen LogP contribution in [0.3, 0.4) is 0 Å². The molecule has 112 valence electrons. The van der Waals surface area contributed by atoms with Gasteiger partial charge in [-0.2, -0.15) is 0 Å². The van der Waals surface area contributed by atoms with Gasteiger partial charge in [-0.05, 0) is 39.3 Å². The molecule has 0 aliphatic carbocycles. The minimum Gasteiger partial charge on any atom is -0.468 e. The van der Waals surface area contributed by atoms with E-state index in [2.05, 4.69) is 17.1 Å². The third-order valence-corrected chi connectivity index (χ3v) is 4.39. The molecular formula is C14H28N2O3. The van der Waals surface area contributed by atoms with E-state index in [4.69, 9.17) is 9.47 Å². The molecule has 0 aromatic carbocycles. The Bertz CT molecular complexity index is 298. The third-order valence-electron chi connectivity index (χ3n) is 4.39. The molecule has 0 bridgehead atoms. The highest BCUT2D eigenvalue weighted by atomic mass is 16.5. The molecule has 1 aliphatic heterocycles. The molecule has 0 amide bonds. The molecule has 1 heterocycles. The number of esters is 1. The third kappa shape index (κ3) is 4.16. The number of hydrogen-bond acceptors (Lipinski definition) is 5. The topological polar surface area (TPSA) is 50.8 Å². The monoisotopic (exact) mass is 272 g/mol. The number of likely N-dealkylation sites (N-methyl/N-ethyl adjacent to an activating group) is 1. The van der Waals surface area contributed by atoms with Crippen LogP contribution in [0.2, 0.25) is 0 Å². The maximum atomic E-state index is 11.8. The number of hydrogen-bond donors (Lipinski definition) is 1. The number of nitrogens with zero attached hydrogens (tertiary/aromatic N) is 1. The molecule has 5 nitrogen and oxygen atoms in total. The molecule has 3 unspecified atom stereocenters. The summed E-state index contributed by atoms with van der Waals surface area (Å²) in [5.41, 5.74) is -0.611. The van der Waals surface area contributed by atoms with E-state index in [-0.39, 0.29) is 5.97 Å². The van der Waals surface area contributed by atoms with Crippen LogP contribution in [-0.2, 0) is 14.3 Å². The Kier molecular flexibility index (Phi) is 6.23. The van der Waals surface area contributed by atoms with Gasteiger partial charge in [0.05, 0.1) is 13.2 Å². The second-order valence-corrected chi connectivity index (χ2v) is 5.66. The van der Waals surface area contributed by atoms with Crippen molar-refractivity contribution < 1.29 is 14.3 Å². The van der Waals surface area contributed by atoms with Crippen LogP contribution in [0.25, 0.3) is 0 Å². The maximum absolute atomic E-state index is 11.8. The molecule has 1 rings (SSSR count). The van der Waals surface area contributed by atoms with Crippen LogP contribution >= 0.6 is 0 Å². The molecule has 0 radical (unpaired) electrons. The first kappa shape index (κ1) is 16.4. The molecule has 0 spiro atoms. The number of piperidine rings is 1.